The number of ether oxygens (including phenoxy) is 1. The first-order chi connectivity index (χ1) is 7.76. The Labute approximate surface area is 95.4 Å². The molecule has 1 N–H and O–H groups in total. The second kappa shape index (κ2) is 3.60. The number of hydrogen-bond acceptors (Lipinski definition) is 3. The van der Waals surface area contributed by atoms with Gasteiger partial charge in [-0.05, 0) is 43.2 Å². The molecule has 1 heterocycles. The summed E-state index contributed by atoms with van der Waals surface area (Å²) in [4.78, 5) is 0. The number of aliphatic hydroxyl groups is 1. The van der Waals surface area contributed by atoms with Gasteiger partial charge in [0.25, 0.3) is 0 Å². The van der Waals surface area contributed by atoms with Gasteiger partial charge < -0.3 is 14.3 Å². The zero-order valence-electron chi connectivity index (χ0n) is 9.56. The van der Waals surface area contributed by atoms with Crippen molar-refractivity contribution in [1.82, 2.24) is 0 Å². The van der Waals surface area contributed by atoms with Gasteiger partial charge in [0.2, 0.25) is 0 Å². The fourth-order valence-electron chi connectivity index (χ4n) is 3.78. The van der Waals surface area contributed by atoms with Gasteiger partial charge in [0.15, 0.2) is 0 Å². The highest BCUT2D eigenvalue weighted by molar-refractivity contribution is 5.19. The SMILES string of the molecule is COCC1C2CCC(C2)C1(O)c1ccco1. The van der Waals surface area contributed by atoms with Gasteiger partial charge in [-0.1, -0.05) is 0 Å². The van der Waals surface area contributed by atoms with Crippen molar-refractivity contribution in [3.8, 4) is 0 Å². The minimum atomic E-state index is -0.789. The van der Waals surface area contributed by atoms with E-state index in [9.17, 15) is 5.11 Å². The smallest absolute Gasteiger partial charge is 0.136 e. The van der Waals surface area contributed by atoms with Crippen LogP contribution in [0.5, 0.6) is 0 Å². The highest BCUT2D eigenvalue weighted by Crippen LogP contribution is 2.59. The van der Waals surface area contributed by atoms with Crippen LogP contribution in [0.2, 0.25) is 0 Å². The maximum atomic E-state index is 11.0. The molecule has 88 valence electrons. The third kappa shape index (κ3) is 1.22. The van der Waals surface area contributed by atoms with Crippen molar-refractivity contribution in [2.24, 2.45) is 17.8 Å². The number of methoxy groups -OCH3 is 1. The predicted octanol–water partition coefficient (Wildman–Crippen LogP) is 2.16. The number of furan rings is 1. The highest BCUT2D eigenvalue weighted by atomic mass is 16.5. The summed E-state index contributed by atoms with van der Waals surface area (Å²) < 4.78 is 10.7. The quantitative estimate of drug-likeness (QED) is 0.852. The molecule has 2 aliphatic rings. The average molecular weight is 222 g/mol. The van der Waals surface area contributed by atoms with Gasteiger partial charge in [0, 0.05) is 13.0 Å². The molecule has 1 aromatic heterocycles. The molecule has 2 bridgehead atoms. The average Bonchev–Trinajstić information content (AvgIpc) is 2.96. The summed E-state index contributed by atoms with van der Waals surface area (Å²) in [5.41, 5.74) is -0.789. The van der Waals surface area contributed by atoms with Crippen molar-refractivity contribution in [3.05, 3.63) is 24.2 Å². The first-order valence-electron chi connectivity index (χ1n) is 6.02. The van der Waals surface area contributed by atoms with Crippen LogP contribution in [-0.2, 0) is 10.3 Å². The predicted molar refractivity (Wildman–Crippen MR) is 58.8 cm³/mol. The lowest BCUT2D eigenvalue weighted by molar-refractivity contribution is -0.102. The van der Waals surface area contributed by atoms with E-state index >= 15 is 0 Å². The molecule has 16 heavy (non-hydrogen) atoms. The second-order valence-electron chi connectivity index (χ2n) is 5.13. The van der Waals surface area contributed by atoms with Crippen molar-refractivity contribution < 1.29 is 14.3 Å². The van der Waals surface area contributed by atoms with Crippen LogP contribution in [0.4, 0.5) is 0 Å². The van der Waals surface area contributed by atoms with Crippen molar-refractivity contribution in [2.45, 2.75) is 24.9 Å². The maximum absolute atomic E-state index is 11.0. The van der Waals surface area contributed by atoms with Crippen molar-refractivity contribution in [1.29, 1.82) is 0 Å². The summed E-state index contributed by atoms with van der Waals surface area (Å²) in [7, 11) is 1.70. The number of rotatable bonds is 3. The molecule has 3 rings (SSSR count). The van der Waals surface area contributed by atoms with E-state index in [4.69, 9.17) is 9.15 Å². The molecule has 3 nitrogen and oxygen atoms in total. The van der Waals surface area contributed by atoms with Gasteiger partial charge in [-0.25, -0.2) is 0 Å². The summed E-state index contributed by atoms with van der Waals surface area (Å²) >= 11 is 0. The summed E-state index contributed by atoms with van der Waals surface area (Å²) in [6.07, 6.45) is 5.10. The summed E-state index contributed by atoms with van der Waals surface area (Å²) in [6, 6.07) is 3.74. The Morgan fingerprint density at radius 3 is 3.12 bits per heavy atom. The van der Waals surface area contributed by atoms with Crippen LogP contribution in [0.1, 0.15) is 25.0 Å². The van der Waals surface area contributed by atoms with E-state index in [1.807, 2.05) is 12.1 Å². The van der Waals surface area contributed by atoms with E-state index in [0.29, 0.717) is 18.4 Å². The molecule has 0 aromatic carbocycles. The Morgan fingerprint density at radius 1 is 1.56 bits per heavy atom. The van der Waals surface area contributed by atoms with Gasteiger partial charge in [0.05, 0.1) is 12.9 Å². The van der Waals surface area contributed by atoms with Crippen LogP contribution in [0.25, 0.3) is 0 Å². The maximum Gasteiger partial charge on any atom is 0.136 e. The molecule has 4 atom stereocenters. The van der Waals surface area contributed by atoms with Crippen LogP contribution < -0.4 is 0 Å². The fraction of sp³-hybridized carbons (Fsp3) is 0.692. The van der Waals surface area contributed by atoms with Crippen molar-refractivity contribution in [3.63, 3.8) is 0 Å². The summed E-state index contributed by atoms with van der Waals surface area (Å²) in [5.74, 6) is 1.87. The molecule has 0 saturated heterocycles. The second-order valence-corrected chi connectivity index (χ2v) is 5.13. The third-order valence-electron chi connectivity index (χ3n) is 4.49. The number of fused-ring (bicyclic) bond motifs is 2. The molecule has 0 aliphatic heterocycles. The molecule has 2 fully saturated rings. The molecule has 2 saturated carbocycles. The highest BCUT2D eigenvalue weighted by Gasteiger charge is 2.59. The molecule has 0 radical (unpaired) electrons. The zero-order valence-corrected chi connectivity index (χ0v) is 9.56. The Morgan fingerprint density at radius 2 is 2.44 bits per heavy atom. The van der Waals surface area contributed by atoms with E-state index in [1.54, 1.807) is 13.4 Å². The lowest BCUT2D eigenvalue weighted by Gasteiger charge is -2.37. The Kier molecular flexibility index (Phi) is 2.33. The lowest BCUT2D eigenvalue weighted by Crippen LogP contribution is -2.42. The van der Waals surface area contributed by atoms with Gasteiger partial charge in [0.1, 0.15) is 11.4 Å². The van der Waals surface area contributed by atoms with E-state index in [0.717, 1.165) is 18.6 Å². The molecular weight excluding hydrogens is 204 g/mol. The molecule has 4 unspecified atom stereocenters. The third-order valence-corrected chi connectivity index (χ3v) is 4.49. The van der Waals surface area contributed by atoms with Crippen molar-refractivity contribution >= 4 is 0 Å². The zero-order chi connectivity index (χ0) is 11.2. The molecule has 2 aliphatic carbocycles. The normalized spacial score (nSPS) is 41.8. The van der Waals surface area contributed by atoms with Crippen LogP contribution >= 0.6 is 0 Å². The minimum absolute atomic E-state index is 0.197. The van der Waals surface area contributed by atoms with Crippen LogP contribution in [0.15, 0.2) is 22.8 Å². The van der Waals surface area contributed by atoms with Gasteiger partial charge in [-0.3, -0.25) is 0 Å². The fourth-order valence-corrected chi connectivity index (χ4v) is 3.78. The summed E-state index contributed by atoms with van der Waals surface area (Å²) in [6.45, 7) is 0.623. The topological polar surface area (TPSA) is 42.6 Å². The van der Waals surface area contributed by atoms with Gasteiger partial charge in [-0.15, -0.1) is 0 Å². The monoisotopic (exact) mass is 222 g/mol. The molecule has 0 spiro atoms. The van der Waals surface area contributed by atoms with Crippen LogP contribution in [-0.4, -0.2) is 18.8 Å². The Hall–Kier alpha value is -0.800. The summed E-state index contributed by atoms with van der Waals surface area (Å²) in [5, 5.41) is 11.0. The Bertz CT molecular complexity index is 359. The van der Waals surface area contributed by atoms with Gasteiger partial charge in [-0.2, -0.15) is 0 Å². The molecular formula is C13H18O3. The Balaban J connectivity index is 1.97. The standard InChI is InChI=1S/C13H18O3/c1-15-8-11-9-4-5-10(7-9)13(11,14)12-3-2-6-16-12/h2-3,6,9-11,14H,4-5,7-8H2,1H3. The van der Waals surface area contributed by atoms with Gasteiger partial charge >= 0.3 is 0 Å². The first kappa shape index (κ1) is 10.4. The molecule has 3 heteroatoms. The first-order valence-corrected chi connectivity index (χ1v) is 6.02. The molecule has 1 aromatic rings. The largest absolute Gasteiger partial charge is 0.466 e. The minimum Gasteiger partial charge on any atom is -0.466 e. The van der Waals surface area contributed by atoms with Crippen LogP contribution in [0, 0.1) is 17.8 Å². The van der Waals surface area contributed by atoms with E-state index in [-0.39, 0.29) is 5.92 Å². The van der Waals surface area contributed by atoms with E-state index in [1.165, 1.54) is 6.42 Å². The molecule has 0 amide bonds. The number of hydrogen-bond donors (Lipinski definition) is 1. The van der Waals surface area contributed by atoms with E-state index in [2.05, 4.69) is 0 Å². The van der Waals surface area contributed by atoms with Crippen molar-refractivity contribution in [2.75, 3.05) is 13.7 Å². The lowest BCUT2D eigenvalue weighted by atomic mass is 9.74. The van der Waals surface area contributed by atoms with Crippen LogP contribution in [0.3, 0.4) is 0 Å². The van der Waals surface area contributed by atoms with E-state index < -0.39 is 5.60 Å².